The third-order valence-corrected chi connectivity index (χ3v) is 5.36. The van der Waals surface area contributed by atoms with Crippen LogP contribution < -0.4 is 10.0 Å². The third-order valence-electron chi connectivity index (χ3n) is 3.32. The van der Waals surface area contributed by atoms with Gasteiger partial charge in [-0.15, -0.1) is 0 Å². The number of piperazine rings is 1. The van der Waals surface area contributed by atoms with Crippen molar-refractivity contribution in [2.24, 2.45) is 0 Å². The number of benzene rings is 1. The van der Waals surface area contributed by atoms with Gasteiger partial charge in [0.15, 0.2) is 0 Å². The maximum atomic E-state index is 12.3. The molecule has 2 N–H and O–H groups in total. The molecule has 1 aromatic rings. The van der Waals surface area contributed by atoms with Crippen molar-refractivity contribution in [3.05, 3.63) is 28.2 Å². The van der Waals surface area contributed by atoms with Crippen LogP contribution in [0.15, 0.2) is 27.6 Å². The Kier molecular flexibility index (Phi) is 5.37. The van der Waals surface area contributed by atoms with Crippen LogP contribution in [-0.2, 0) is 14.8 Å². The first kappa shape index (κ1) is 16.4. The van der Waals surface area contributed by atoms with E-state index in [-0.39, 0.29) is 17.3 Å². The van der Waals surface area contributed by atoms with Gasteiger partial charge in [0.05, 0.1) is 11.4 Å². The van der Waals surface area contributed by atoms with Gasteiger partial charge in [-0.2, -0.15) is 0 Å². The maximum absolute atomic E-state index is 12.3. The Balaban J connectivity index is 2.04. The van der Waals surface area contributed by atoms with Crippen molar-refractivity contribution in [2.75, 3.05) is 32.7 Å². The summed E-state index contributed by atoms with van der Waals surface area (Å²) in [6.07, 6.45) is 0. The van der Waals surface area contributed by atoms with Gasteiger partial charge < -0.3 is 10.2 Å². The summed E-state index contributed by atoms with van der Waals surface area (Å²) < 4.78 is 27.6. The standard InChI is InChI=1S/C13H18BrN3O3S/c1-10-2-3-11(14)8-12(10)21(19,20)16-9-13(18)17-6-4-15-5-7-17/h2-3,8,15-16H,4-7,9H2,1H3. The molecule has 0 saturated carbocycles. The normalized spacial score (nSPS) is 16.0. The molecule has 1 fully saturated rings. The first-order valence-electron chi connectivity index (χ1n) is 6.64. The summed E-state index contributed by atoms with van der Waals surface area (Å²) in [5, 5.41) is 3.14. The van der Waals surface area contributed by atoms with Crippen LogP contribution in [-0.4, -0.2) is 51.9 Å². The fraction of sp³-hybridized carbons (Fsp3) is 0.462. The molecule has 1 amide bonds. The monoisotopic (exact) mass is 375 g/mol. The van der Waals surface area contributed by atoms with Gasteiger partial charge in [-0.25, -0.2) is 13.1 Å². The number of sulfonamides is 1. The topological polar surface area (TPSA) is 78.5 Å². The molecule has 6 nitrogen and oxygen atoms in total. The number of carbonyl (C=O) groups is 1. The Morgan fingerprint density at radius 2 is 2.05 bits per heavy atom. The van der Waals surface area contributed by atoms with Crippen LogP contribution in [0.3, 0.4) is 0 Å². The van der Waals surface area contributed by atoms with Crippen molar-refractivity contribution in [2.45, 2.75) is 11.8 Å². The molecule has 0 radical (unpaired) electrons. The number of carbonyl (C=O) groups excluding carboxylic acids is 1. The molecule has 1 aromatic carbocycles. The lowest BCUT2D eigenvalue weighted by Crippen LogP contribution is -2.49. The van der Waals surface area contributed by atoms with Gasteiger partial charge in [-0.3, -0.25) is 4.79 Å². The summed E-state index contributed by atoms with van der Waals surface area (Å²) in [7, 11) is -3.69. The molecule has 0 unspecified atom stereocenters. The van der Waals surface area contributed by atoms with Gasteiger partial charge in [0.2, 0.25) is 15.9 Å². The molecule has 1 aliphatic rings. The Morgan fingerprint density at radius 3 is 2.71 bits per heavy atom. The minimum absolute atomic E-state index is 0.185. The smallest absolute Gasteiger partial charge is 0.241 e. The molecule has 0 spiro atoms. The molecule has 1 heterocycles. The average Bonchev–Trinajstić information content (AvgIpc) is 2.48. The first-order chi connectivity index (χ1) is 9.90. The number of hydrogen-bond donors (Lipinski definition) is 2. The highest BCUT2D eigenvalue weighted by Gasteiger charge is 2.21. The second kappa shape index (κ2) is 6.87. The van der Waals surface area contributed by atoms with Crippen molar-refractivity contribution in [1.29, 1.82) is 0 Å². The van der Waals surface area contributed by atoms with E-state index in [9.17, 15) is 13.2 Å². The van der Waals surface area contributed by atoms with Gasteiger partial charge in [0.25, 0.3) is 0 Å². The lowest BCUT2D eigenvalue weighted by atomic mass is 10.2. The molecular weight excluding hydrogens is 358 g/mol. The second-order valence-corrected chi connectivity index (χ2v) is 7.52. The molecule has 0 atom stereocenters. The Morgan fingerprint density at radius 1 is 1.38 bits per heavy atom. The van der Waals surface area contributed by atoms with Crippen LogP contribution >= 0.6 is 15.9 Å². The van der Waals surface area contributed by atoms with E-state index in [1.165, 1.54) is 6.07 Å². The molecule has 2 rings (SSSR count). The van der Waals surface area contributed by atoms with Gasteiger partial charge in [0.1, 0.15) is 0 Å². The number of aryl methyl sites for hydroxylation is 1. The first-order valence-corrected chi connectivity index (χ1v) is 8.92. The summed E-state index contributed by atoms with van der Waals surface area (Å²) in [5.74, 6) is -0.201. The molecule has 0 bridgehead atoms. The predicted octanol–water partition coefficient (Wildman–Crippen LogP) is 0.468. The zero-order chi connectivity index (χ0) is 15.5. The van der Waals surface area contributed by atoms with Crippen molar-refractivity contribution in [3.63, 3.8) is 0 Å². The average molecular weight is 376 g/mol. The SMILES string of the molecule is Cc1ccc(Br)cc1S(=O)(=O)NCC(=O)N1CCNCC1. The van der Waals surface area contributed by atoms with Crippen LogP contribution in [0.5, 0.6) is 0 Å². The summed E-state index contributed by atoms with van der Waals surface area (Å²) in [6, 6.07) is 5.03. The number of nitrogens with one attached hydrogen (secondary N) is 2. The summed E-state index contributed by atoms with van der Waals surface area (Å²) in [5.41, 5.74) is 0.639. The molecular formula is C13H18BrN3O3S. The van der Waals surface area contributed by atoms with Crippen LogP contribution in [0.2, 0.25) is 0 Å². The molecule has 116 valence electrons. The largest absolute Gasteiger partial charge is 0.339 e. The van der Waals surface area contributed by atoms with E-state index in [0.717, 1.165) is 13.1 Å². The molecule has 0 aliphatic carbocycles. The van der Waals surface area contributed by atoms with Gasteiger partial charge in [-0.1, -0.05) is 22.0 Å². The fourth-order valence-corrected chi connectivity index (χ4v) is 3.88. The van der Waals surface area contributed by atoms with Crippen molar-refractivity contribution in [3.8, 4) is 0 Å². The van der Waals surface area contributed by atoms with Gasteiger partial charge in [-0.05, 0) is 24.6 Å². The maximum Gasteiger partial charge on any atom is 0.241 e. The molecule has 21 heavy (non-hydrogen) atoms. The number of nitrogens with zero attached hydrogens (tertiary/aromatic N) is 1. The number of halogens is 1. The quantitative estimate of drug-likeness (QED) is 0.801. The van der Waals surface area contributed by atoms with E-state index >= 15 is 0 Å². The zero-order valence-corrected chi connectivity index (χ0v) is 14.1. The van der Waals surface area contributed by atoms with E-state index in [1.807, 2.05) is 0 Å². The minimum Gasteiger partial charge on any atom is -0.339 e. The Bertz CT molecular complexity index is 628. The summed E-state index contributed by atoms with van der Waals surface area (Å²) in [4.78, 5) is 13.8. The molecule has 1 aliphatic heterocycles. The highest BCUT2D eigenvalue weighted by atomic mass is 79.9. The van der Waals surface area contributed by atoms with E-state index in [1.54, 1.807) is 24.0 Å². The van der Waals surface area contributed by atoms with E-state index in [4.69, 9.17) is 0 Å². The van der Waals surface area contributed by atoms with Crippen LogP contribution in [0.4, 0.5) is 0 Å². The minimum atomic E-state index is -3.69. The third kappa shape index (κ3) is 4.26. The van der Waals surface area contributed by atoms with E-state index in [2.05, 4.69) is 26.0 Å². The van der Waals surface area contributed by atoms with E-state index in [0.29, 0.717) is 23.1 Å². The summed E-state index contributed by atoms with van der Waals surface area (Å²) in [6.45, 7) is 4.20. The number of rotatable bonds is 4. The van der Waals surface area contributed by atoms with E-state index < -0.39 is 10.0 Å². The van der Waals surface area contributed by atoms with Crippen LogP contribution in [0, 0.1) is 6.92 Å². The molecule has 0 aromatic heterocycles. The molecule has 8 heteroatoms. The fourth-order valence-electron chi connectivity index (χ4n) is 2.12. The Hall–Kier alpha value is -0.960. The molecule has 1 saturated heterocycles. The lowest BCUT2D eigenvalue weighted by Gasteiger charge is -2.27. The van der Waals surface area contributed by atoms with Crippen molar-refractivity contribution < 1.29 is 13.2 Å². The highest BCUT2D eigenvalue weighted by Crippen LogP contribution is 2.20. The van der Waals surface area contributed by atoms with Crippen LogP contribution in [0.1, 0.15) is 5.56 Å². The lowest BCUT2D eigenvalue weighted by molar-refractivity contribution is -0.130. The van der Waals surface area contributed by atoms with Crippen molar-refractivity contribution in [1.82, 2.24) is 14.9 Å². The second-order valence-electron chi connectivity index (χ2n) is 4.87. The van der Waals surface area contributed by atoms with Crippen molar-refractivity contribution >= 4 is 31.9 Å². The highest BCUT2D eigenvalue weighted by molar-refractivity contribution is 9.10. The number of amides is 1. The van der Waals surface area contributed by atoms with Gasteiger partial charge >= 0.3 is 0 Å². The summed E-state index contributed by atoms with van der Waals surface area (Å²) >= 11 is 3.26. The zero-order valence-electron chi connectivity index (χ0n) is 11.7. The predicted molar refractivity (Wildman–Crippen MR) is 83.5 cm³/mol. The van der Waals surface area contributed by atoms with Gasteiger partial charge in [0, 0.05) is 30.7 Å². The Labute approximate surface area is 133 Å². The number of hydrogen-bond acceptors (Lipinski definition) is 4. The van der Waals surface area contributed by atoms with Crippen LogP contribution in [0.25, 0.3) is 0 Å².